The molecular formula is C21H28FN7O2. The van der Waals surface area contributed by atoms with Crippen LogP contribution in [0.1, 0.15) is 29.9 Å². The van der Waals surface area contributed by atoms with E-state index in [-0.39, 0.29) is 17.8 Å². The molecule has 31 heavy (non-hydrogen) atoms. The number of amides is 3. The molecule has 9 nitrogen and oxygen atoms in total. The maximum atomic E-state index is 14.3. The molecular weight excluding hydrogens is 401 g/mol. The van der Waals surface area contributed by atoms with Gasteiger partial charge in [0, 0.05) is 58.1 Å². The van der Waals surface area contributed by atoms with Crippen molar-refractivity contribution in [2.75, 3.05) is 43.4 Å². The van der Waals surface area contributed by atoms with Crippen molar-refractivity contribution in [3.05, 3.63) is 47.7 Å². The SMILES string of the molecule is CCNC(=O)Nc1cc(CN2CCN(c3cnc(C(=O)NC)c(F)c3)C(C)C2)ccn1. The van der Waals surface area contributed by atoms with Crippen molar-refractivity contribution in [3.8, 4) is 0 Å². The van der Waals surface area contributed by atoms with Gasteiger partial charge < -0.3 is 15.5 Å². The minimum absolute atomic E-state index is 0.135. The molecule has 0 saturated carbocycles. The number of carbonyl (C=O) groups excluding carboxylic acids is 2. The van der Waals surface area contributed by atoms with Gasteiger partial charge in [0.1, 0.15) is 5.82 Å². The molecule has 2 aromatic rings. The third-order valence-corrected chi connectivity index (χ3v) is 5.12. The number of halogens is 1. The van der Waals surface area contributed by atoms with Crippen LogP contribution in [0.4, 0.5) is 20.7 Å². The molecule has 3 N–H and O–H groups in total. The Labute approximate surface area is 181 Å². The summed E-state index contributed by atoms with van der Waals surface area (Å²) in [5, 5.41) is 7.79. The number of aromatic nitrogens is 2. The average Bonchev–Trinajstić information content (AvgIpc) is 2.73. The quantitative estimate of drug-likeness (QED) is 0.648. The smallest absolute Gasteiger partial charge is 0.320 e. The van der Waals surface area contributed by atoms with E-state index >= 15 is 0 Å². The summed E-state index contributed by atoms with van der Waals surface area (Å²) in [5.41, 5.74) is 1.51. The highest BCUT2D eigenvalue weighted by Gasteiger charge is 2.25. The molecule has 0 spiro atoms. The lowest BCUT2D eigenvalue weighted by molar-refractivity contribution is 0.0953. The zero-order valence-corrected chi connectivity index (χ0v) is 18.0. The van der Waals surface area contributed by atoms with Gasteiger partial charge in [-0.1, -0.05) is 0 Å². The Morgan fingerprint density at radius 1 is 1.26 bits per heavy atom. The van der Waals surface area contributed by atoms with E-state index in [9.17, 15) is 14.0 Å². The Hall–Kier alpha value is -3.27. The molecule has 10 heteroatoms. The molecule has 3 heterocycles. The molecule has 2 aromatic heterocycles. The van der Waals surface area contributed by atoms with Crippen molar-refractivity contribution < 1.29 is 14.0 Å². The fourth-order valence-corrected chi connectivity index (χ4v) is 3.65. The van der Waals surface area contributed by atoms with Crippen LogP contribution in [-0.4, -0.2) is 66.1 Å². The Morgan fingerprint density at radius 2 is 2.06 bits per heavy atom. The summed E-state index contributed by atoms with van der Waals surface area (Å²) in [6.07, 6.45) is 3.22. The molecule has 0 radical (unpaired) electrons. The standard InChI is InChI=1S/C21H28FN7O2/c1-4-24-21(31)27-18-9-15(5-6-25-18)13-28-7-8-29(14(2)12-28)16-10-17(22)19(26-11-16)20(30)23-3/h5-6,9-11,14H,4,7-8,12-13H2,1-3H3,(H,23,30)(H2,24,25,27,31). The van der Waals surface area contributed by atoms with Gasteiger partial charge in [-0.3, -0.25) is 15.0 Å². The third kappa shape index (κ3) is 5.66. The second kappa shape index (κ2) is 10.2. The predicted octanol–water partition coefficient (Wildman–Crippen LogP) is 1.83. The number of hydrogen-bond donors (Lipinski definition) is 3. The highest BCUT2D eigenvalue weighted by molar-refractivity contribution is 5.92. The van der Waals surface area contributed by atoms with Gasteiger partial charge >= 0.3 is 6.03 Å². The van der Waals surface area contributed by atoms with Crippen molar-refractivity contribution in [1.82, 2.24) is 25.5 Å². The number of pyridine rings is 2. The summed E-state index contributed by atoms with van der Waals surface area (Å²) < 4.78 is 14.3. The monoisotopic (exact) mass is 429 g/mol. The van der Waals surface area contributed by atoms with Crippen molar-refractivity contribution in [3.63, 3.8) is 0 Å². The van der Waals surface area contributed by atoms with E-state index in [2.05, 4.69) is 42.6 Å². The molecule has 1 aliphatic heterocycles. The van der Waals surface area contributed by atoms with E-state index in [1.807, 2.05) is 19.1 Å². The molecule has 1 aliphatic rings. The fraction of sp³-hybridized carbons (Fsp3) is 0.429. The van der Waals surface area contributed by atoms with Gasteiger partial charge in [0.15, 0.2) is 11.5 Å². The first-order valence-electron chi connectivity index (χ1n) is 10.3. The van der Waals surface area contributed by atoms with Crippen LogP contribution in [0.15, 0.2) is 30.6 Å². The second-order valence-corrected chi connectivity index (χ2v) is 7.41. The highest BCUT2D eigenvalue weighted by Crippen LogP contribution is 2.23. The minimum atomic E-state index is -0.629. The average molecular weight is 430 g/mol. The van der Waals surface area contributed by atoms with E-state index < -0.39 is 11.7 Å². The lowest BCUT2D eigenvalue weighted by atomic mass is 10.1. The number of carbonyl (C=O) groups is 2. The minimum Gasteiger partial charge on any atom is -0.365 e. The first-order valence-corrected chi connectivity index (χ1v) is 10.3. The Bertz CT molecular complexity index is 940. The molecule has 1 unspecified atom stereocenters. The van der Waals surface area contributed by atoms with Crippen LogP contribution >= 0.6 is 0 Å². The van der Waals surface area contributed by atoms with Gasteiger partial charge in [-0.25, -0.2) is 19.2 Å². The molecule has 166 valence electrons. The van der Waals surface area contributed by atoms with E-state index in [4.69, 9.17) is 0 Å². The van der Waals surface area contributed by atoms with Crippen LogP contribution in [0, 0.1) is 5.82 Å². The molecule has 1 saturated heterocycles. The zero-order valence-electron chi connectivity index (χ0n) is 18.0. The van der Waals surface area contributed by atoms with Crippen molar-refractivity contribution >= 4 is 23.4 Å². The number of nitrogens with zero attached hydrogens (tertiary/aromatic N) is 4. The Morgan fingerprint density at radius 3 is 2.74 bits per heavy atom. The highest BCUT2D eigenvalue weighted by atomic mass is 19.1. The van der Waals surface area contributed by atoms with Gasteiger partial charge in [0.2, 0.25) is 0 Å². The van der Waals surface area contributed by atoms with Crippen molar-refractivity contribution in [1.29, 1.82) is 0 Å². The number of nitrogens with one attached hydrogen (secondary N) is 3. The summed E-state index contributed by atoms with van der Waals surface area (Å²) in [4.78, 5) is 35.9. The summed E-state index contributed by atoms with van der Waals surface area (Å²) in [6, 6.07) is 5.01. The van der Waals surface area contributed by atoms with E-state index in [0.29, 0.717) is 31.1 Å². The first kappa shape index (κ1) is 22.4. The van der Waals surface area contributed by atoms with Crippen LogP contribution in [0.3, 0.4) is 0 Å². The van der Waals surface area contributed by atoms with E-state index in [1.54, 1.807) is 12.4 Å². The van der Waals surface area contributed by atoms with Crippen molar-refractivity contribution in [2.45, 2.75) is 26.4 Å². The summed E-state index contributed by atoms with van der Waals surface area (Å²) >= 11 is 0. The lowest BCUT2D eigenvalue weighted by Gasteiger charge is -2.41. The summed E-state index contributed by atoms with van der Waals surface area (Å²) in [7, 11) is 1.44. The normalized spacial score (nSPS) is 16.6. The largest absolute Gasteiger partial charge is 0.365 e. The van der Waals surface area contributed by atoms with Crippen LogP contribution in [0.2, 0.25) is 0 Å². The van der Waals surface area contributed by atoms with Crippen LogP contribution in [0.25, 0.3) is 0 Å². The van der Waals surface area contributed by atoms with Gasteiger partial charge in [0.05, 0.1) is 11.9 Å². The third-order valence-electron chi connectivity index (χ3n) is 5.12. The predicted molar refractivity (Wildman–Crippen MR) is 117 cm³/mol. The molecule has 0 aromatic carbocycles. The first-order chi connectivity index (χ1) is 14.9. The molecule has 3 amide bonds. The van der Waals surface area contributed by atoms with Gasteiger partial charge in [0.25, 0.3) is 5.91 Å². The number of piperazine rings is 1. The number of urea groups is 1. The number of anilines is 2. The zero-order chi connectivity index (χ0) is 22.4. The molecule has 1 atom stereocenters. The lowest BCUT2D eigenvalue weighted by Crippen LogP contribution is -2.51. The Kier molecular flexibility index (Phi) is 7.35. The molecule has 0 bridgehead atoms. The molecule has 3 rings (SSSR count). The topological polar surface area (TPSA) is 102 Å². The molecule has 0 aliphatic carbocycles. The van der Waals surface area contributed by atoms with Crippen molar-refractivity contribution in [2.24, 2.45) is 0 Å². The van der Waals surface area contributed by atoms with Crippen LogP contribution in [0.5, 0.6) is 0 Å². The van der Waals surface area contributed by atoms with Gasteiger partial charge in [-0.2, -0.15) is 0 Å². The fourth-order valence-electron chi connectivity index (χ4n) is 3.65. The summed E-state index contributed by atoms with van der Waals surface area (Å²) in [6.45, 7) is 7.45. The maximum Gasteiger partial charge on any atom is 0.320 e. The number of hydrogen-bond acceptors (Lipinski definition) is 6. The maximum absolute atomic E-state index is 14.3. The summed E-state index contributed by atoms with van der Waals surface area (Å²) in [5.74, 6) is -0.663. The molecule has 1 fully saturated rings. The van der Waals surface area contributed by atoms with E-state index in [1.165, 1.54) is 13.1 Å². The Balaban J connectivity index is 1.61. The van der Waals surface area contributed by atoms with Crippen LogP contribution < -0.4 is 20.9 Å². The second-order valence-electron chi connectivity index (χ2n) is 7.41. The van der Waals surface area contributed by atoms with Gasteiger partial charge in [-0.15, -0.1) is 0 Å². The number of rotatable bonds is 6. The van der Waals surface area contributed by atoms with E-state index in [0.717, 1.165) is 18.7 Å². The van der Waals surface area contributed by atoms with Crippen LogP contribution in [-0.2, 0) is 6.54 Å². The van der Waals surface area contributed by atoms with Gasteiger partial charge in [-0.05, 0) is 31.5 Å².